The molecule has 0 amide bonds. The van der Waals surface area contributed by atoms with E-state index in [0.29, 0.717) is 5.56 Å². The van der Waals surface area contributed by atoms with Crippen molar-refractivity contribution in [3.8, 4) is 11.1 Å². The molecule has 20 heavy (non-hydrogen) atoms. The van der Waals surface area contributed by atoms with Crippen molar-refractivity contribution >= 4 is 0 Å². The predicted molar refractivity (Wildman–Crippen MR) is 70.2 cm³/mol. The molecule has 1 N–H and O–H groups in total. The van der Waals surface area contributed by atoms with Gasteiger partial charge in [0.25, 0.3) is 0 Å². The maximum absolute atomic E-state index is 13.1. The summed E-state index contributed by atoms with van der Waals surface area (Å²) in [7, 11) is 0. The molecule has 0 aliphatic heterocycles. The van der Waals surface area contributed by atoms with Gasteiger partial charge in [0.15, 0.2) is 0 Å². The third kappa shape index (κ3) is 2.32. The number of aromatic amines is 1. The van der Waals surface area contributed by atoms with Crippen LogP contribution in [0.25, 0.3) is 11.1 Å². The average molecular weight is 280 g/mol. The Bertz CT molecular complexity index is 595. The lowest BCUT2D eigenvalue weighted by atomic mass is 9.93. The number of alkyl halides is 3. The van der Waals surface area contributed by atoms with Gasteiger partial charge in [0, 0.05) is 17.7 Å². The second kappa shape index (κ2) is 4.96. The Morgan fingerprint density at radius 1 is 1.05 bits per heavy atom. The molecule has 1 aliphatic rings. The summed E-state index contributed by atoms with van der Waals surface area (Å²) in [6.07, 6.45) is 1.49. The van der Waals surface area contributed by atoms with Crippen LogP contribution in [0.2, 0.25) is 0 Å². The minimum absolute atomic E-state index is 0.218. The van der Waals surface area contributed by atoms with E-state index in [9.17, 15) is 13.2 Å². The number of hydrogen-bond acceptors (Lipinski definition) is 1. The van der Waals surface area contributed by atoms with Crippen LogP contribution in [0.3, 0.4) is 0 Å². The monoisotopic (exact) mass is 280 g/mol. The van der Waals surface area contributed by atoms with E-state index in [4.69, 9.17) is 0 Å². The molecule has 1 fully saturated rings. The molecular formula is C15H15F3N2. The standard InChI is InChI=1S/C15H15F3N2/c16-15(17,18)13-8-4-3-7-11(13)12-9-19-20-14(12)10-5-1-2-6-10/h3-4,7-10H,1-2,5-6H2,(H,19,20). The lowest BCUT2D eigenvalue weighted by Gasteiger charge is -2.14. The number of hydrogen-bond donors (Lipinski definition) is 1. The largest absolute Gasteiger partial charge is 0.417 e. The van der Waals surface area contributed by atoms with Crippen molar-refractivity contribution in [2.24, 2.45) is 0 Å². The van der Waals surface area contributed by atoms with Crippen molar-refractivity contribution in [2.75, 3.05) is 0 Å². The SMILES string of the molecule is FC(F)(F)c1ccccc1-c1c[nH]nc1C1CCCC1. The smallest absolute Gasteiger partial charge is 0.285 e. The van der Waals surface area contributed by atoms with Gasteiger partial charge >= 0.3 is 6.18 Å². The molecule has 1 aliphatic carbocycles. The summed E-state index contributed by atoms with van der Waals surface area (Å²) in [6.45, 7) is 0. The molecular weight excluding hydrogens is 265 g/mol. The van der Waals surface area contributed by atoms with E-state index in [2.05, 4.69) is 10.2 Å². The van der Waals surface area contributed by atoms with Gasteiger partial charge in [-0.05, 0) is 24.5 Å². The molecule has 1 aromatic carbocycles. The van der Waals surface area contributed by atoms with E-state index in [1.54, 1.807) is 12.3 Å². The number of nitrogens with zero attached hydrogens (tertiary/aromatic N) is 1. The number of halogens is 3. The van der Waals surface area contributed by atoms with E-state index in [1.807, 2.05) is 0 Å². The summed E-state index contributed by atoms with van der Waals surface area (Å²) >= 11 is 0. The highest BCUT2D eigenvalue weighted by atomic mass is 19.4. The number of benzene rings is 1. The van der Waals surface area contributed by atoms with Crippen LogP contribution in [-0.4, -0.2) is 10.2 Å². The van der Waals surface area contributed by atoms with E-state index in [0.717, 1.165) is 37.4 Å². The predicted octanol–water partition coefficient (Wildman–Crippen LogP) is 4.75. The fourth-order valence-electron chi connectivity index (χ4n) is 2.99. The molecule has 0 bridgehead atoms. The van der Waals surface area contributed by atoms with Crippen LogP contribution in [0.1, 0.15) is 42.9 Å². The van der Waals surface area contributed by atoms with Gasteiger partial charge in [-0.1, -0.05) is 31.0 Å². The quantitative estimate of drug-likeness (QED) is 0.844. The highest BCUT2D eigenvalue weighted by Crippen LogP contribution is 2.42. The zero-order valence-electron chi connectivity index (χ0n) is 10.9. The lowest BCUT2D eigenvalue weighted by Crippen LogP contribution is -2.07. The van der Waals surface area contributed by atoms with E-state index < -0.39 is 11.7 Å². The molecule has 0 unspecified atom stereocenters. The third-order valence-corrected chi connectivity index (χ3v) is 3.93. The molecule has 3 rings (SSSR count). The summed E-state index contributed by atoms with van der Waals surface area (Å²) < 4.78 is 39.4. The van der Waals surface area contributed by atoms with Crippen LogP contribution >= 0.6 is 0 Å². The fraction of sp³-hybridized carbons (Fsp3) is 0.400. The summed E-state index contributed by atoms with van der Waals surface area (Å²) in [5.41, 5.74) is 0.986. The molecule has 1 aromatic heterocycles. The zero-order chi connectivity index (χ0) is 14.2. The highest BCUT2D eigenvalue weighted by molar-refractivity contribution is 5.70. The summed E-state index contributed by atoms with van der Waals surface area (Å²) in [5.74, 6) is 0.275. The first-order valence-electron chi connectivity index (χ1n) is 6.77. The number of H-pyrrole nitrogens is 1. The second-order valence-corrected chi connectivity index (χ2v) is 5.21. The van der Waals surface area contributed by atoms with Gasteiger partial charge in [-0.25, -0.2) is 0 Å². The average Bonchev–Trinajstić information content (AvgIpc) is 3.08. The molecule has 2 aromatic rings. The first kappa shape index (κ1) is 13.2. The van der Waals surface area contributed by atoms with Gasteiger partial charge in [0.1, 0.15) is 0 Å². The van der Waals surface area contributed by atoms with Gasteiger partial charge < -0.3 is 0 Å². The first-order chi connectivity index (χ1) is 9.57. The molecule has 0 saturated heterocycles. The summed E-state index contributed by atoms with van der Waals surface area (Å²) in [6, 6.07) is 5.70. The minimum Gasteiger partial charge on any atom is -0.285 e. The minimum atomic E-state index is -4.35. The maximum atomic E-state index is 13.1. The topological polar surface area (TPSA) is 28.7 Å². The molecule has 106 valence electrons. The Morgan fingerprint density at radius 3 is 2.45 bits per heavy atom. The molecule has 2 nitrogen and oxygen atoms in total. The zero-order valence-corrected chi connectivity index (χ0v) is 10.9. The van der Waals surface area contributed by atoms with Crippen molar-refractivity contribution < 1.29 is 13.2 Å². The van der Waals surface area contributed by atoms with Gasteiger partial charge in [-0.2, -0.15) is 18.3 Å². The van der Waals surface area contributed by atoms with Gasteiger partial charge in [-0.3, -0.25) is 5.10 Å². The molecule has 1 saturated carbocycles. The van der Waals surface area contributed by atoms with Crippen LogP contribution in [0, 0.1) is 0 Å². The third-order valence-electron chi connectivity index (χ3n) is 3.93. The van der Waals surface area contributed by atoms with Crippen LogP contribution in [0.5, 0.6) is 0 Å². The molecule has 5 heteroatoms. The van der Waals surface area contributed by atoms with Crippen molar-refractivity contribution in [3.63, 3.8) is 0 Å². The summed E-state index contributed by atoms with van der Waals surface area (Å²) in [5, 5.41) is 6.94. The summed E-state index contributed by atoms with van der Waals surface area (Å²) in [4.78, 5) is 0. The molecule has 1 heterocycles. The number of nitrogens with one attached hydrogen (secondary N) is 1. The first-order valence-corrected chi connectivity index (χ1v) is 6.77. The normalized spacial score (nSPS) is 16.8. The van der Waals surface area contributed by atoms with Crippen LogP contribution in [-0.2, 0) is 6.18 Å². The molecule has 0 spiro atoms. The van der Waals surface area contributed by atoms with Crippen molar-refractivity contribution in [2.45, 2.75) is 37.8 Å². The van der Waals surface area contributed by atoms with Crippen molar-refractivity contribution in [1.29, 1.82) is 0 Å². The van der Waals surface area contributed by atoms with Crippen LogP contribution in [0.15, 0.2) is 30.5 Å². The molecule has 0 atom stereocenters. The fourth-order valence-corrected chi connectivity index (χ4v) is 2.99. The van der Waals surface area contributed by atoms with Gasteiger partial charge in [0.05, 0.1) is 11.3 Å². The van der Waals surface area contributed by atoms with Crippen LogP contribution in [0.4, 0.5) is 13.2 Å². The van der Waals surface area contributed by atoms with E-state index >= 15 is 0 Å². The number of rotatable bonds is 2. The van der Waals surface area contributed by atoms with E-state index in [-0.39, 0.29) is 11.5 Å². The van der Waals surface area contributed by atoms with Crippen molar-refractivity contribution in [3.05, 3.63) is 41.7 Å². The highest BCUT2D eigenvalue weighted by Gasteiger charge is 2.34. The van der Waals surface area contributed by atoms with E-state index in [1.165, 1.54) is 12.1 Å². The van der Waals surface area contributed by atoms with Crippen LogP contribution < -0.4 is 0 Å². The Labute approximate surface area is 115 Å². The van der Waals surface area contributed by atoms with Gasteiger partial charge in [0.2, 0.25) is 0 Å². The lowest BCUT2D eigenvalue weighted by molar-refractivity contribution is -0.137. The van der Waals surface area contributed by atoms with Gasteiger partial charge in [-0.15, -0.1) is 0 Å². The Morgan fingerprint density at radius 2 is 1.75 bits per heavy atom. The Hall–Kier alpha value is -1.78. The maximum Gasteiger partial charge on any atom is 0.417 e. The molecule has 0 radical (unpaired) electrons. The van der Waals surface area contributed by atoms with Crippen molar-refractivity contribution in [1.82, 2.24) is 10.2 Å². The number of aromatic nitrogens is 2. The Balaban J connectivity index is 2.08. The second-order valence-electron chi connectivity index (χ2n) is 5.21. The Kier molecular flexibility index (Phi) is 3.28.